The van der Waals surface area contributed by atoms with E-state index in [1.165, 1.54) is 16.1 Å². The summed E-state index contributed by atoms with van der Waals surface area (Å²) in [4.78, 5) is 38.8. The summed E-state index contributed by atoms with van der Waals surface area (Å²) < 4.78 is 31.8. The summed E-state index contributed by atoms with van der Waals surface area (Å²) >= 11 is 0. The number of nitrogens with two attached hydrogens (primary N) is 1. The van der Waals surface area contributed by atoms with Crippen LogP contribution in [0.15, 0.2) is 46.5 Å². The summed E-state index contributed by atoms with van der Waals surface area (Å²) in [6, 6.07) is 7.95. The van der Waals surface area contributed by atoms with Crippen LogP contribution in [0.2, 0.25) is 0 Å². The summed E-state index contributed by atoms with van der Waals surface area (Å²) in [5.41, 5.74) is 7.35. The molecule has 1 saturated carbocycles. The number of carbonyl (C=O) groups is 3. The van der Waals surface area contributed by atoms with Gasteiger partial charge >= 0.3 is 0 Å². The van der Waals surface area contributed by atoms with Gasteiger partial charge in [-0.3, -0.25) is 13.9 Å². The minimum absolute atomic E-state index is 0.211. The van der Waals surface area contributed by atoms with Gasteiger partial charge in [-0.1, -0.05) is 24.6 Å². The molecule has 238 valence electrons. The fraction of sp³-hybridized carbons (Fsp3) is 0.531. The molecule has 12 nitrogen and oxygen atoms in total. The van der Waals surface area contributed by atoms with Gasteiger partial charge in [-0.2, -0.15) is 0 Å². The van der Waals surface area contributed by atoms with Gasteiger partial charge in [-0.15, -0.1) is 0 Å². The molecule has 45 heavy (non-hydrogen) atoms. The lowest BCUT2D eigenvalue weighted by Crippen LogP contribution is -2.75. The number of nitrogens with zero attached hydrogens (tertiary/aromatic N) is 4. The van der Waals surface area contributed by atoms with E-state index in [1.54, 1.807) is 12.1 Å². The van der Waals surface area contributed by atoms with Crippen LogP contribution in [-0.2, 0) is 31.0 Å². The van der Waals surface area contributed by atoms with Crippen LogP contribution in [-0.4, -0.2) is 109 Å². The Labute approximate surface area is 261 Å². The number of aliphatic hydroxyl groups is 1. The van der Waals surface area contributed by atoms with Crippen molar-refractivity contribution in [2.75, 3.05) is 50.1 Å². The molecule has 4 saturated heterocycles. The van der Waals surface area contributed by atoms with E-state index in [9.17, 15) is 33.0 Å². The molecule has 1 aliphatic carbocycles. The standard InChI is InChI=1S/C32H37N5O7S/c1-18(38)26-29-21-5-2-6-22(28(21)30(32(41)42)34(29)31(26)40)35-23-9-8-19(20-4-3-7-24(27(20)23)45(35,43)44)16-36-10-13-37(14-11-36,15-12-36)17-25(33)39/h3-4,7-9,18,21-22,26,29,38H,2,5-6,10-17H2,1H3,(H-2,33,39,41,42)/p+1. The molecule has 5 atom stereocenters. The maximum absolute atomic E-state index is 14.4. The lowest BCUT2D eigenvalue weighted by Gasteiger charge is -2.55. The minimum Gasteiger partial charge on any atom is -0.543 e. The maximum atomic E-state index is 14.4. The largest absolute Gasteiger partial charge is 0.543 e. The number of quaternary nitrogens is 2. The van der Waals surface area contributed by atoms with Crippen molar-refractivity contribution in [2.45, 2.75) is 55.8 Å². The molecule has 3 N–H and O–H groups in total. The van der Waals surface area contributed by atoms with E-state index in [0.29, 0.717) is 42.5 Å². The second-order valence-electron chi connectivity index (χ2n) is 14.1. The van der Waals surface area contributed by atoms with Crippen molar-refractivity contribution < 1.29 is 42.0 Å². The molecule has 5 fully saturated rings. The number of carbonyl (C=O) groups excluding carboxylic acids is 3. The van der Waals surface area contributed by atoms with Crippen molar-refractivity contribution in [3.05, 3.63) is 47.2 Å². The zero-order chi connectivity index (χ0) is 31.6. The highest BCUT2D eigenvalue weighted by atomic mass is 32.2. The summed E-state index contributed by atoms with van der Waals surface area (Å²) in [5, 5.41) is 24.4. The van der Waals surface area contributed by atoms with Crippen molar-refractivity contribution in [1.29, 1.82) is 0 Å². The van der Waals surface area contributed by atoms with E-state index in [1.807, 2.05) is 18.2 Å². The predicted octanol–water partition coefficient (Wildman–Crippen LogP) is -0.611. The van der Waals surface area contributed by atoms with Crippen LogP contribution < -0.4 is 15.1 Å². The molecule has 2 aromatic carbocycles. The molecule has 0 aromatic heterocycles. The minimum atomic E-state index is -4.04. The molecule has 2 bridgehead atoms. The zero-order valence-electron chi connectivity index (χ0n) is 25.2. The number of aliphatic hydroxyl groups excluding tert-OH is 1. The molecule has 2 amide bonds. The average Bonchev–Trinajstić information content (AvgIpc) is 3.42. The maximum Gasteiger partial charge on any atom is 0.272 e. The van der Waals surface area contributed by atoms with E-state index < -0.39 is 46.0 Å². The second-order valence-corrected chi connectivity index (χ2v) is 15.9. The van der Waals surface area contributed by atoms with E-state index >= 15 is 0 Å². The topological polar surface area (TPSA) is 161 Å². The average molecular weight is 637 g/mol. The number of benzene rings is 2. The molecule has 6 heterocycles. The van der Waals surface area contributed by atoms with Gasteiger partial charge in [-0.05, 0) is 42.9 Å². The first-order valence-corrected chi connectivity index (χ1v) is 17.4. The Morgan fingerprint density at radius 3 is 2.40 bits per heavy atom. The first kappa shape index (κ1) is 28.9. The SMILES string of the molecule is CC(O)C1C(=O)N2C(C(=O)[O-])=C3C(CCCC3N3c4ccc(C[N+]56CC[N+](CC(N)=O)(CC5)CC6)c5cccc(c45)S3(=O)=O)C12. The third-order valence-electron chi connectivity index (χ3n) is 11.9. The number of β-lactam (4-membered cyclic amide) rings is 1. The van der Waals surface area contributed by atoms with Crippen LogP contribution in [0.25, 0.3) is 10.8 Å². The van der Waals surface area contributed by atoms with Gasteiger partial charge in [0.1, 0.15) is 45.8 Å². The number of sulfonamides is 1. The fourth-order valence-electron chi connectivity index (χ4n) is 9.72. The summed E-state index contributed by atoms with van der Waals surface area (Å²) in [5.74, 6) is -3.30. The smallest absolute Gasteiger partial charge is 0.272 e. The number of hydrogen-bond donors (Lipinski definition) is 2. The zero-order valence-corrected chi connectivity index (χ0v) is 26.0. The van der Waals surface area contributed by atoms with Gasteiger partial charge in [0.2, 0.25) is 5.91 Å². The van der Waals surface area contributed by atoms with Gasteiger partial charge in [0.15, 0.2) is 6.54 Å². The molecule has 0 spiro atoms. The Morgan fingerprint density at radius 1 is 1.07 bits per heavy atom. The van der Waals surface area contributed by atoms with Crippen LogP contribution in [0.4, 0.5) is 5.69 Å². The number of rotatable bonds is 7. The van der Waals surface area contributed by atoms with Gasteiger partial charge in [0.25, 0.3) is 15.9 Å². The third kappa shape index (κ3) is 3.87. The quantitative estimate of drug-likeness (QED) is 0.303. The second kappa shape index (κ2) is 9.50. The van der Waals surface area contributed by atoms with E-state index in [2.05, 4.69) is 0 Å². The Kier molecular flexibility index (Phi) is 6.11. The fourth-order valence-corrected chi connectivity index (χ4v) is 11.6. The number of primary amides is 1. The number of piperazine rings is 3. The van der Waals surface area contributed by atoms with Crippen molar-refractivity contribution >= 4 is 44.3 Å². The lowest BCUT2D eigenvalue weighted by molar-refractivity contribution is -1.08. The summed E-state index contributed by atoms with van der Waals surface area (Å²) in [7, 11) is -4.04. The number of amides is 2. The monoisotopic (exact) mass is 636 g/mol. The Morgan fingerprint density at radius 2 is 1.76 bits per heavy atom. The molecule has 6 aliphatic heterocycles. The molecular weight excluding hydrogens is 598 g/mol. The third-order valence-corrected chi connectivity index (χ3v) is 13.7. The summed E-state index contributed by atoms with van der Waals surface area (Å²) in [6.07, 6.45) is 0.731. The normalized spacial score (nSPS) is 34.9. The molecule has 13 heteroatoms. The number of hydrogen-bond acceptors (Lipinski definition) is 7. The van der Waals surface area contributed by atoms with E-state index in [4.69, 9.17) is 5.73 Å². The van der Waals surface area contributed by atoms with E-state index in [-0.39, 0.29) is 22.4 Å². The number of fused-ring (bicyclic) bond motifs is 6. The van der Waals surface area contributed by atoms with Gasteiger partial charge in [0.05, 0.1) is 46.4 Å². The predicted molar refractivity (Wildman–Crippen MR) is 160 cm³/mol. The van der Waals surface area contributed by atoms with Crippen LogP contribution >= 0.6 is 0 Å². The number of carboxylic acids is 1. The van der Waals surface area contributed by atoms with Crippen molar-refractivity contribution in [1.82, 2.24) is 4.90 Å². The van der Waals surface area contributed by atoms with Gasteiger partial charge < -0.3 is 34.6 Å². The van der Waals surface area contributed by atoms with Crippen LogP contribution in [0.1, 0.15) is 31.7 Å². The lowest BCUT2D eigenvalue weighted by atomic mass is 9.71. The summed E-state index contributed by atoms with van der Waals surface area (Å²) in [6.45, 7) is 8.11. The van der Waals surface area contributed by atoms with Crippen molar-refractivity contribution in [3.63, 3.8) is 0 Å². The molecule has 7 aliphatic rings. The Hall–Kier alpha value is -3.52. The highest BCUT2D eigenvalue weighted by Crippen LogP contribution is 2.55. The van der Waals surface area contributed by atoms with E-state index in [0.717, 1.165) is 65.7 Å². The van der Waals surface area contributed by atoms with Crippen molar-refractivity contribution in [2.24, 2.45) is 17.6 Å². The van der Waals surface area contributed by atoms with Crippen LogP contribution in [0.5, 0.6) is 0 Å². The Balaban J connectivity index is 1.18. The van der Waals surface area contributed by atoms with Crippen molar-refractivity contribution in [3.8, 4) is 0 Å². The number of carboxylic acid groups (broad SMARTS) is 1. The molecule has 2 aromatic rings. The first-order valence-electron chi connectivity index (χ1n) is 15.9. The number of anilines is 1. The molecule has 0 radical (unpaired) electrons. The van der Waals surface area contributed by atoms with Crippen LogP contribution in [0.3, 0.4) is 0 Å². The highest BCUT2D eigenvalue weighted by Gasteiger charge is 2.62. The van der Waals surface area contributed by atoms with Crippen LogP contribution in [0, 0.1) is 11.8 Å². The first-order chi connectivity index (χ1) is 21.4. The highest BCUT2D eigenvalue weighted by molar-refractivity contribution is 7.93. The molecule has 9 rings (SSSR count). The molecule has 5 unspecified atom stereocenters. The van der Waals surface area contributed by atoms with Gasteiger partial charge in [0, 0.05) is 16.9 Å². The molecular formula is C32H38N5O7S+. The van der Waals surface area contributed by atoms with Gasteiger partial charge in [-0.25, -0.2) is 8.42 Å². The Bertz CT molecular complexity index is 1810. The number of aliphatic carboxylic acids is 1.